The lowest BCUT2D eigenvalue weighted by molar-refractivity contribution is -0.138. The average molecular weight is 350 g/mol. The number of aromatic hydroxyl groups is 1. The van der Waals surface area contributed by atoms with Crippen molar-refractivity contribution in [1.82, 2.24) is 9.78 Å². The van der Waals surface area contributed by atoms with E-state index in [0.717, 1.165) is 18.3 Å². The van der Waals surface area contributed by atoms with Crippen LogP contribution in [0.1, 0.15) is 5.56 Å². The van der Waals surface area contributed by atoms with Gasteiger partial charge in [-0.15, -0.1) is 0 Å². The third-order valence-electron chi connectivity index (χ3n) is 3.36. The number of halogens is 4. The summed E-state index contributed by atoms with van der Waals surface area (Å²) in [5.41, 5.74) is -1.54. The van der Waals surface area contributed by atoms with Gasteiger partial charge in [0.2, 0.25) is 0 Å². The summed E-state index contributed by atoms with van der Waals surface area (Å²) in [6.45, 7) is 6.94. The molecule has 23 heavy (non-hydrogen) atoms. The Hall–Kier alpha value is -1.61. The Kier molecular flexibility index (Phi) is 4.72. The zero-order chi connectivity index (χ0) is 17.4. The number of ether oxygens (including phenoxy) is 1. The first-order chi connectivity index (χ1) is 10.5. The molecule has 0 saturated heterocycles. The van der Waals surface area contributed by atoms with Crippen molar-refractivity contribution in [1.29, 1.82) is 0 Å². The van der Waals surface area contributed by atoms with E-state index in [2.05, 4.69) is 24.7 Å². The fourth-order valence-corrected chi connectivity index (χ4v) is 2.84. The molecular formula is C14H18F4N2O2Si. The van der Waals surface area contributed by atoms with Crippen LogP contribution in [-0.2, 0) is 17.6 Å². The maximum atomic E-state index is 13.6. The molecule has 0 unspecified atom stereocenters. The molecule has 1 heterocycles. The van der Waals surface area contributed by atoms with E-state index in [0.29, 0.717) is 6.61 Å². The van der Waals surface area contributed by atoms with Crippen molar-refractivity contribution in [3.8, 4) is 5.75 Å². The van der Waals surface area contributed by atoms with Crippen LogP contribution in [-0.4, -0.2) is 29.6 Å². The Balaban J connectivity index is 2.29. The van der Waals surface area contributed by atoms with Crippen LogP contribution in [0.3, 0.4) is 0 Å². The Bertz CT molecular complexity index is 707. The standard InChI is InChI=1S/C14H18F4N2O2Si/c1-23(2,3)5-4-22-8-20-10-6-11(21)13(15)12(14(16,17)18)9(10)7-19-20/h6-7,21H,4-5,8H2,1-3H3. The summed E-state index contributed by atoms with van der Waals surface area (Å²) in [7, 11) is -1.28. The Morgan fingerprint density at radius 3 is 2.52 bits per heavy atom. The number of nitrogens with zero attached hydrogens (tertiary/aromatic N) is 2. The van der Waals surface area contributed by atoms with Gasteiger partial charge in [0.1, 0.15) is 12.3 Å². The van der Waals surface area contributed by atoms with E-state index in [1.165, 1.54) is 4.68 Å². The molecule has 2 aromatic rings. The fraction of sp³-hybridized carbons (Fsp3) is 0.500. The highest BCUT2D eigenvalue weighted by Gasteiger charge is 2.38. The molecule has 0 bridgehead atoms. The highest BCUT2D eigenvalue weighted by molar-refractivity contribution is 6.76. The van der Waals surface area contributed by atoms with Gasteiger partial charge in [-0.1, -0.05) is 19.6 Å². The summed E-state index contributed by atoms with van der Waals surface area (Å²) in [5.74, 6) is -2.75. The summed E-state index contributed by atoms with van der Waals surface area (Å²) < 4.78 is 59.2. The number of alkyl halides is 3. The molecule has 1 aromatic carbocycles. The predicted molar refractivity (Wildman–Crippen MR) is 80.5 cm³/mol. The molecule has 128 valence electrons. The molecule has 2 rings (SSSR count). The number of hydrogen-bond acceptors (Lipinski definition) is 3. The Labute approximate surface area is 131 Å². The molecular weight excluding hydrogens is 332 g/mol. The maximum Gasteiger partial charge on any atom is 0.420 e. The molecule has 0 atom stereocenters. The number of hydrogen-bond donors (Lipinski definition) is 1. The second-order valence-corrected chi connectivity index (χ2v) is 12.1. The van der Waals surface area contributed by atoms with Crippen molar-refractivity contribution < 1.29 is 27.4 Å². The minimum absolute atomic E-state index is 0.0239. The zero-order valence-electron chi connectivity index (χ0n) is 13.0. The molecule has 4 nitrogen and oxygen atoms in total. The summed E-state index contributed by atoms with van der Waals surface area (Å²) in [6.07, 6.45) is -3.99. The molecule has 0 aliphatic carbocycles. The lowest BCUT2D eigenvalue weighted by atomic mass is 10.1. The second kappa shape index (κ2) is 6.12. The normalized spacial score (nSPS) is 13.0. The zero-order valence-corrected chi connectivity index (χ0v) is 14.0. The van der Waals surface area contributed by atoms with Crippen molar-refractivity contribution in [2.75, 3.05) is 6.61 Å². The molecule has 1 aromatic heterocycles. The first-order valence-corrected chi connectivity index (χ1v) is 10.7. The summed E-state index contributed by atoms with van der Waals surface area (Å²) in [6, 6.07) is 1.83. The van der Waals surface area contributed by atoms with Crippen LogP contribution >= 0.6 is 0 Å². The number of fused-ring (bicyclic) bond motifs is 1. The molecule has 0 saturated carbocycles. The Morgan fingerprint density at radius 1 is 1.30 bits per heavy atom. The van der Waals surface area contributed by atoms with Crippen LogP contribution in [0.4, 0.5) is 17.6 Å². The number of phenolic OH excluding ortho intramolecular Hbond substituents is 1. The van der Waals surface area contributed by atoms with Gasteiger partial charge in [0.05, 0.1) is 11.7 Å². The van der Waals surface area contributed by atoms with E-state index in [-0.39, 0.29) is 12.2 Å². The smallest absolute Gasteiger partial charge is 0.420 e. The number of phenols is 1. The van der Waals surface area contributed by atoms with Gasteiger partial charge in [-0.3, -0.25) is 0 Å². The number of benzene rings is 1. The van der Waals surface area contributed by atoms with Gasteiger partial charge in [-0.05, 0) is 6.04 Å². The average Bonchev–Trinajstić information content (AvgIpc) is 2.75. The minimum Gasteiger partial charge on any atom is -0.505 e. The molecule has 0 amide bonds. The van der Waals surface area contributed by atoms with Crippen LogP contribution in [0.5, 0.6) is 5.75 Å². The SMILES string of the molecule is C[Si](C)(C)CCOCn1ncc2c(C(F)(F)F)c(F)c(O)cc21. The van der Waals surface area contributed by atoms with Gasteiger partial charge in [-0.25, -0.2) is 9.07 Å². The van der Waals surface area contributed by atoms with E-state index in [1.807, 2.05) is 0 Å². The Morgan fingerprint density at radius 2 is 1.96 bits per heavy atom. The first-order valence-electron chi connectivity index (χ1n) is 7.02. The van der Waals surface area contributed by atoms with Gasteiger partial charge in [0.25, 0.3) is 0 Å². The molecule has 0 fully saturated rings. The van der Waals surface area contributed by atoms with Crippen LogP contribution in [0.2, 0.25) is 25.7 Å². The van der Waals surface area contributed by atoms with Crippen LogP contribution in [0, 0.1) is 5.82 Å². The van der Waals surface area contributed by atoms with Crippen LogP contribution in [0.25, 0.3) is 10.9 Å². The van der Waals surface area contributed by atoms with Gasteiger partial charge in [-0.2, -0.15) is 18.3 Å². The van der Waals surface area contributed by atoms with Crippen molar-refractivity contribution in [3.63, 3.8) is 0 Å². The lowest BCUT2D eigenvalue weighted by Crippen LogP contribution is -2.22. The third-order valence-corrected chi connectivity index (χ3v) is 5.06. The molecule has 1 N–H and O–H groups in total. The molecule has 0 radical (unpaired) electrons. The van der Waals surface area contributed by atoms with Crippen LogP contribution in [0.15, 0.2) is 12.3 Å². The van der Waals surface area contributed by atoms with Gasteiger partial charge in [0.15, 0.2) is 11.6 Å². The number of aromatic nitrogens is 2. The van der Waals surface area contributed by atoms with Crippen molar-refractivity contribution in [2.45, 2.75) is 38.6 Å². The van der Waals surface area contributed by atoms with Crippen molar-refractivity contribution in [3.05, 3.63) is 23.6 Å². The molecule has 0 spiro atoms. The highest BCUT2D eigenvalue weighted by atomic mass is 28.3. The van der Waals surface area contributed by atoms with Crippen molar-refractivity contribution >= 4 is 19.0 Å². The van der Waals surface area contributed by atoms with E-state index in [9.17, 15) is 22.7 Å². The van der Waals surface area contributed by atoms with E-state index in [1.54, 1.807) is 0 Å². The molecule has 0 aliphatic rings. The topological polar surface area (TPSA) is 47.3 Å². The monoisotopic (exact) mass is 350 g/mol. The van der Waals surface area contributed by atoms with Gasteiger partial charge in [0, 0.05) is 26.1 Å². The minimum atomic E-state index is -4.92. The summed E-state index contributed by atoms with van der Waals surface area (Å²) in [5, 5.41) is 12.8. The maximum absolute atomic E-state index is 13.6. The van der Waals surface area contributed by atoms with E-state index < -0.39 is 36.8 Å². The molecule has 0 aliphatic heterocycles. The molecule has 9 heteroatoms. The lowest BCUT2D eigenvalue weighted by Gasteiger charge is -2.15. The predicted octanol–water partition coefficient (Wildman–Crippen LogP) is 4.21. The van der Waals surface area contributed by atoms with Gasteiger partial charge < -0.3 is 9.84 Å². The fourth-order valence-electron chi connectivity index (χ4n) is 2.09. The van der Waals surface area contributed by atoms with Crippen molar-refractivity contribution in [2.24, 2.45) is 0 Å². The summed E-state index contributed by atoms with van der Waals surface area (Å²) in [4.78, 5) is 0. The summed E-state index contributed by atoms with van der Waals surface area (Å²) >= 11 is 0. The quantitative estimate of drug-likeness (QED) is 0.499. The van der Waals surface area contributed by atoms with Crippen LogP contribution < -0.4 is 0 Å². The van der Waals surface area contributed by atoms with E-state index in [4.69, 9.17) is 4.74 Å². The van der Waals surface area contributed by atoms with E-state index >= 15 is 0 Å². The first kappa shape index (κ1) is 17.7. The number of rotatable bonds is 5. The highest BCUT2D eigenvalue weighted by Crippen LogP contribution is 2.40. The largest absolute Gasteiger partial charge is 0.505 e. The van der Waals surface area contributed by atoms with Gasteiger partial charge >= 0.3 is 6.18 Å². The second-order valence-electron chi connectivity index (χ2n) is 6.51. The third kappa shape index (κ3) is 4.02.